The number of esters is 1. The molecule has 0 amide bonds. The number of hydrogen-bond donors (Lipinski definition) is 1. The first kappa shape index (κ1) is 14.3. The van der Waals surface area contributed by atoms with E-state index in [0.29, 0.717) is 0 Å². The Labute approximate surface area is 92.5 Å². The Hall–Kier alpha value is -1.66. The molecule has 7 heteroatoms. The van der Waals surface area contributed by atoms with Crippen LogP contribution >= 0.6 is 0 Å². The van der Waals surface area contributed by atoms with Gasteiger partial charge in [-0.05, 0) is 0 Å². The maximum atomic E-state index is 10.9. The minimum atomic E-state index is -1.15. The highest BCUT2D eigenvalue weighted by Gasteiger charge is 2.30. The van der Waals surface area contributed by atoms with E-state index in [9.17, 15) is 19.7 Å². The van der Waals surface area contributed by atoms with Crippen LogP contribution in [-0.2, 0) is 14.3 Å². The topological polar surface area (TPSA) is 107 Å². The molecule has 0 unspecified atom stereocenters. The molecule has 0 fully saturated rings. The highest BCUT2D eigenvalue weighted by atomic mass is 16.6. The third kappa shape index (κ3) is 5.94. The van der Waals surface area contributed by atoms with Crippen LogP contribution in [-0.4, -0.2) is 34.1 Å². The summed E-state index contributed by atoms with van der Waals surface area (Å²) in [6.07, 6.45) is -0.412. The largest absolute Gasteiger partial charge is 0.481 e. The molecule has 0 saturated heterocycles. The van der Waals surface area contributed by atoms with Crippen LogP contribution in [0.15, 0.2) is 0 Å². The van der Waals surface area contributed by atoms with Crippen molar-refractivity contribution < 1.29 is 24.4 Å². The van der Waals surface area contributed by atoms with Gasteiger partial charge in [0.2, 0.25) is 5.54 Å². The standard InChI is InChI=1S/C9H15NO6/c1-9(2,10(14)15)5-6-16-8(13)4-3-7(11)12/h3-6H2,1-2H3,(H,11,12). The van der Waals surface area contributed by atoms with Crippen molar-refractivity contribution in [3.05, 3.63) is 10.1 Å². The maximum absolute atomic E-state index is 10.9. The molecule has 0 aliphatic heterocycles. The number of carboxylic acid groups (broad SMARTS) is 1. The fourth-order valence-corrected chi connectivity index (χ4v) is 0.787. The molecule has 0 radical (unpaired) electrons. The van der Waals surface area contributed by atoms with E-state index in [1.165, 1.54) is 13.8 Å². The Morgan fingerprint density at radius 3 is 2.38 bits per heavy atom. The minimum absolute atomic E-state index is 0.0770. The van der Waals surface area contributed by atoms with E-state index < -0.39 is 22.4 Å². The second-order valence-electron chi connectivity index (χ2n) is 3.93. The fourth-order valence-electron chi connectivity index (χ4n) is 0.787. The fraction of sp³-hybridized carbons (Fsp3) is 0.778. The van der Waals surface area contributed by atoms with Crippen molar-refractivity contribution in [1.29, 1.82) is 0 Å². The Balaban J connectivity index is 3.78. The second-order valence-corrected chi connectivity index (χ2v) is 3.93. The summed E-state index contributed by atoms with van der Waals surface area (Å²) in [6.45, 7) is 2.78. The van der Waals surface area contributed by atoms with E-state index in [1.807, 2.05) is 0 Å². The number of carbonyl (C=O) groups is 2. The summed E-state index contributed by atoms with van der Waals surface area (Å²) >= 11 is 0. The number of nitrogens with zero attached hydrogens (tertiary/aromatic N) is 1. The van der Waals surface area contributed by atoms with Gasteiger partial charge in [0, 0.05) is 18.8 Å². The molecule has 0 spiro atoms. The van der Waals surface area contributed by atoms with Gasteiger partial charge in [-0.3, -0.25) is 19.7 Å². The molecule has 0 atom stereocenters. The van der Waals surface area contributed by atoms with Gasteiger partial charge in [-0.2, -0.15) is 0 Å². The van der Waals surface area contributed by atoms with Gasteiger partial charge in [0.1, 0.15) is 0 Å². The van der Waals surface area contributed by atoms with Gasteiger partial charge in [-0.1, -0.05) is 0 Å². The lowest BCUT2D eigenvalue weighted by Crippen LogP contribution is -2.32. The zero-order valence-electron chi connectivity index (χ0n) is 9.26. The third-order valence-corrected chi connectivity index (χ3v) is 2.01. The van der Waals surface area contributed by atoms with E-state index >= 15 is 0 Å². The lowest BCUT2D eigenvalue weighted by Gasteiger charge is -2.14. The molecule has 0 aromatic heterocycles. The first-order valence-electron chi connectivity index (χ1n) is 4.77. The highest BCUT2D eigenvalue weighted by Crippen LogP contribution is 2.12. The number of nitro groups is 1. The lowest BCUT2D eigenvalue weighted by atomic mass is 10.0. The molecule has 0 rings (SSSR count). The van der Waals surface area contributed by atoms with E-state index in [1.54, 1.807) is 0 Å². The molecule has 0 aromatic rings. The van der Waals surface area contributed by atoms with Crippen LogP contribution in [0.3, 0.4) is 0 Å². The van der Waals surface area contributed by atoms with Crippen molar-refractivity contribution in [2.45, 2.75) is 38.6 Å². The number of aliphatic carboxylic acids is 1. The van der Waals surface area contributed by atoms with Gasteiger partial charge in [0.05, 0.1) is 25.9 Å². The maximum Gasteiger partial charge on any atom is 0.306 e. The van der Waals surface area contributed by atoms with Gasteiger partial charge in [-0.25, -0.2) is 0 Å². The number of carbonyl (C=O) groups excluding carboxylic acids is 1. The van der Waals surface area contributed by atoms with Crippen LogP contribution in [0, 0.1) is 10.1 Å². The summed E-state index contributed by atoms with van der Waals surface area (Å²) in [7, 11) is 0. The number of carboxylic acids is 1. The zero-order chi connectivity index (χ0) is 12.8. The highest BCUT2D eigenvalue weighted by molar-refractivity contribution is 5.76. The predicted octanol–water partition coefficient (Wildman–Crippen LogP) is 0.840. The van der Waals surface area contributed by atoms with Crippen molar-refractivity contribution >= 4 is 11.9 Å². The van der Waals surface area contributed by atoms with E-state index in [0.717, 1.165) is 0 Å². The molecule has 16 heavy (non-hydrogen) atoms. The van der Waals surface area contributed by atoms with Crippen LogP contribution < -0.4 is 0 Å². The smallest absolute Gasteiger partial charge is 0.306 e. The molecule has 0 aliphatic rings. The Morgan fingerprint density at radius 2 is 1.94 bits per heavy atom. The van der Waals surface area contributed by atoms with Gasteiger partial charge in [0.25, 0.3) is 0 Å². The van der Waals surface area contributed by atoms with Gasteiger partial charge >= 0.3 is 11.9 Å². The predicted molar refractivity (Wildman–Crippen MR) is 53.5 cm³/mol. The summed E-state index contributed by atoms with van der Waals surface area (Å²) in [5.41, 5.74) is -1.15. The van der Waals surface area contributed by atoms with Crippen LogP contribution in [0.4, 0.5) is 0 Å². The average molecular weight is 233 g/mol. The molecule has 0 bridgehead atoms. The van der Waals surface area contributed by atoms with Crippen molar-refractivity contribution in [1.82, 2.24) is 0 Å². The summed E-state index contributed by atoms with van der Waals surface area (Å²) in [4.78, 5) is 31.1. The van der Waals surface area contributed by atoms with Crippen molar-refractivity contribution in [2.75, 3.05) is 6.61 Å². The van der Waals surface area contributed by atoms with Crippen LogP contribution in [0.5, 0.6) is 0 Å². The molecule has 0 saturated carbocycles. The Morgan fingerprint density at radius 1 is 1.38 bits per heavy atom. The van der Waals surface area contributed by atoms with Gasteiger partial charge in [0.15, 0.2) is 0 Å². The number of rotatable bonds is 7. The molecule has 7 nitrogen and oxygen atoms in total. The summed E-state index contributed by atoms with van der Waals surface area (Å²) in [5, 5.41) is 18.8. The van der Waals surface area contributed by atoms with E-state index in [-0.39, 0.29) is 25.9 Å². The SMILES string of the molecule is CC(C)(CCOC(=O)CCC(=O)O)[N+](=O)[O-]. The zero-order valence-corrected chi connectivity index (χ0v) is 9.26. The molecule has 0 aliphatic carbocycles. The Kier molecular flexibility index (Phi) is 5.41. The molecule has 1 N–H and O–H groups in total. The van der Waals surface area contributed by atoms with Gasteiger partial charge < -0.3 is 9.84 Å². The molecule has 92 valence electrons. The summed E-state index contributed by atoms with van der Waals surface area (Å²) < 4.78 is 4.67. The molecular formula is C9H15NO6. The van der Waals surface area contributed by atoms with Crippen molar-refractivity contribution in [2.24, 2.45) is 0 Å². The molecular weight excluding hydrogens is 218 g/mol. The van der Waals surface area contributed by atoms with Crippen molar-refractivity contribution in [3.63, 3.8) is 0 Å². The van der Waals surface area contributed by atoms with Crippen LogP contribution in [0.1, 0.15) is 33.1 Å². The van der Waals surface area contributed by atoms with Gasteiger partial charge in [-0.15, -0.1) is 0 Å². The summed E-state index contributed by atoms with van der Waals surface area (Å²) in [5.74, 6) is -1.73. The van der Waals surface area contributed by atoms with Crippen LogP contribution in [0.25, 0.3) is 0 Å². The first-order chi connectivity index (χ1) is 7.25. The first-order valence-corrected chi connectivity index (χ1v) is 4.77. The molecule has 0 heterocycles. The number of ether oxygens (including phenoxy) is 1. The Bertz CT molecular complexity index is 286. The number of hydrogen-bond acceptors (Lipinski definition) is 5. The quantitative estimate of drug-likeness (QED) is 0.396. The monoisotopic (exact) mass is 233 g/mol. The average Bonchev–Trinajstić information content (AvgIpc) is 2.14. The van der Waals surface area contributed by atoms with Crippen LogP contribution in [0.2, 0.25) is 0 Å². The van der Waals surface area contributed by atoms with Crippen molar-refractivity contribution in [3.8, 4) is 0 Å². The molecule has 0 aromatic carbocycles. The van der Waals surface area contributed by atoms with E-state index in [4.69, 9.17) is 5.11 Å². The third-order valence-electron chi connectivity index (χ3n) is 2.01. The second kappa shape index (κ2) is 6.04. The van der Waals surface area contributed by atoms with E-state index in [2.05, 4.69) is 4.74 Å². The normalized spacial score (nSPS) is 10.9. The lowest BCUT2D eigenvalue weighted by molar-refractivity contribution is -0.561. The minimum Gasteiger partial charge on any atom is -0.481 e. The summed E-state index contributed by atoms with van der Waals surface area (Å²) in [6, 6.07) is 0.